The minimum atomic E-state index is 0.0441. The molecule has 1 heterocycles. The van der Waals surface area contributed by atoms with Crippen molar-refractivity contribution in [1.82, 2.24) is 4.57 Å². The second-order valence-corrected chi connectivity index (χ2v) is 4.61. The van der Waals surface area contributed by atoms with Crippen LogP contribution in [0.5, 0.6) is 0 Å². The number of aromatic nitrogens is 1. The Balaban J connectivity index is 1.86. The molecule has 2 rings (SSSR count). The number of nitrogens with one attached hydrogen (secondary N) is 1. The lowest BCUT2D eigenvalue weighted by Crippen LogP contribution is -2.21. The fourth-order valence-corrected chi connectivity index (χ4v) is 2.04. The summed E-state index contributed by atoms with van der Waals surface area (Å²) in [5.41, 5.74) is 2.51. The summed E-state index contributed by atoms with van der Waals surface area (Å²) in [6, 6.07) is 13.7. The number of nitrogens with zero attached hydrogens (tertiary/aromatic N) is 1. The number of pyridine rings is 1. The van der Waals surface area contributed by atoms with Crippen LogP contribution >= 0.6 is 0 Å². The number of benzene rings is 1. The first-order valence-electron chi connectivity index (χ1n) is 6.78. The Morgan fingerprint density at radius 3 is 2.58 bits per heavy atom. The van der Waals surface area contributed by atoms with Crippen LogP contribution in [0.4, 0.5) is 5.69 Å². The molecule has 0 amide bonds. The zero-order valence-corrected chi connectivity index (χ0v) is 11.3. The van der Waals surface area contributed by atoms with E-state index in [1.165, 1.54) is 12.0 Å². The topological polar surface area (TPSA) is 34.0 Å². The minimum absolute atomic E-state index is 0.0441. The lowest BCUT2D eigenvalue weighted by molar-refractivity contribution is 0.697. The summed E-state index contributed by atoms with van der Waals surface area (Å²) in [7, 11) is 0. The van der Waals surface area contributed by atoms with Gasteiger partial charge in [-0.05, 0) is 30.2 Å². The van der Waals surface area contributed by atoms with Gasteiger partial charge in [-0.25, -0.2) is 0 Å². The molecule has 19 heavy (non-hydrogen) atoms. The fourth-order valence-electron chi connectivity index (χ4n) is 2.04. The van der Waals surface area contributed by atoms with Gasteiger partial charge in [0.25, 0.3) is 5.56 Å². The van der Waals surface area contributed by atoms with Crippen LogP contribution in [0.15, 0.2) is 53.5 Å². The highest BCUT2D eigenvalue weighted by Crippen LogP contribution is 2.10. The predicted octanol–water partition coefficient (Wildman–Crippen LogP) is 2.91. The lowest BCUT2D eigenvalue weighted by atomic mass is 10.1. The SMILES string of the molecule is CCCc1ccc(NCCn2ccccc2=O)cc1. The van der Waals surface area contributed by atoms with Gasteiger partial charge in [0.15, 0.2) is 0 Å². The monoisotopic (exact) mass is 256 g/mol. The van der Waals surface area contributed by atoms with E-state index in [0.29, 0.717) is 6.54 Å². The van der Waals surface area contributed by atoms with Crippen molar-refractivity contribution in [2.45, 2.75) is 26.3 Å². The Kier molecular flexibility index (Phi) is 4.78. The van der Waals surface area contributed by atoms with E-state index in [1.54, 1.807) is 16.7 Å². The van der Waals surface area contributed by atoms with E-state index >= 15 is 0 Å². The molecule has 0 saturated heterocycles. The van der Waals surface area contributed by atoms with Gasteiger partial charge in [0.05, 0.1) is 0 Å². The number of anilines is 1. The van der Waals surface area contributed by atoms with Crippen LogP contribution in [0.25, 0.3) is 0 Å². The molecule has 0 fully saturated rings. The molecular weight excluding hydrogens is 236 g/mol. The molecule has 0 spiro atoms. The van der Waals surface area contributed by atoms with E-state index in [1.807, 2.05) is 12.3 Å². The third-order valence-electron chi connectivity index (χ3n) is 3.07. The largest absolute Gasteiger partial charge is 0.383 e. The molecule has 0 bridgehead atoms. The molecule has 1 N–H and O–H groups in total. The summed E-state index contributed by atoms with van der Waals surface area (Å²) in [6.45, 7) is 3.61. The zero-order valence-electron chi connectivity index (χ0n) is 11.3. The highest BCUT2D eigenvalue weighted by molar-refractivity contribution is 5.44. The third-order valence-corrected chi connectivity index (χ3v) is 3.07. The number of rotatable bonds is 6. The van der Waals surface area contributed by atoms with E-state index in [2.05, 4.69) is 36.5 Å². The summed E-state index contributed by atoms with van der Waals surface area (Å²) in [6.07, 6.45) is 4.11. The Morgan fingerprint density at radius 2 is 1.89 bits per heavy atom. The smallest absolute Gasteiger partial charge is 0.250 e. The molecule has 0 aliphatic heterocycles. The summed E-state index contributed by atoms with van der Waals surface area (Å²) in [4.78, 5) is 11.5. The Labute approximate surface area is 113 Å². The quantitative estimate of drug-likeness (QED) is 0.862. The molecule has 0 atom stereocenters. The lowest BCUT2D eigenvalue weighted by Gasteiger charge is -2.09. The maximum atomic E-state index is 11.5. The highest BCUT2D eigenvalue weighted by atomic mass is 16.1. The average Bonchev–Trinajstić information content (AvgIpc) is 2.43. The molecule has 1 aromatic carbocycles. The van der Waals surface area contributed by atoms with Crippen LogP contribution in [0, 0.1) is 0 Å². The minimum Gasteiger partial charge on any atom is -0.383 e. The zero-order chi connectivity index (χ0) is 13.5. The highest BCUT2D eigenvalue weighted by Gasteiger charge is 1.95. The third kappa shape index (κ3) is 3.98. The van der Waals surface area contributed by atoms with E-state index in [9.17, 15) is 4.79 Å². The van der Waals surface area contributed by atoms with Gasteiger partial charge in [-0.1, -0.05) is 31.5 Å². The molecule has 0 aliphatic rings. The van der Waals surface area contributed by atoms with Gasteiger partial charge >= 0.3 is 0 Å². The van der Waals surface area contributed by atoms with Crippen molar-refractivity contribution in [2.75, 3.05) is 11.9 Å². The Bertz CT molecular complexity index is 557. The molecule has 0 radical (unpaired) electrons. The predicted molar refractivity (Wildman–Crippen MR) is 79.6 cm³/mol. The molecule has 1 aromatic heterocycles. The van der Waals surface area contributed by atoms with Crippen molar-refractivity contribution in [3.8, 4) is 0 Å². The second kappa shape index (κ2) is 6.78. The second-order valence-electron chi connectivity index (χ2n) is 4.61. The van der Waals surface area contributed by atoms with Crippen LogP contribution in [0.2, 0.25) is 0 Å². The maximum Gasteiger partial charge on any atom is 0.250 e. The van der Waals surface area contributed by atoms with E-state index in [-0.39, 0.29) is 5.56 Å². The van der Waals surface area contributed by atoms with Crippen LogP contribution in [-0.4, -0.2) is 11.1 Å². The van der Waals surface area contributed by atoms with E-state index in [4.69, 9.17) is 0 Å². The average molecular weight is 256 g/mol. The Hall–Kier alpha value is -2.03. The van der Waals surface area contributed by atoms with Crippen LogP contribution < -0.4 is 10.9 Å². The van der Waals surface area contributed by atoms with Gasteiger partial charge in [0.2, 0.25) is 0 Å². The maximum absolute atomic E-state index is 11.5. The summed E-state index contributed by atoms with van der Waals surface area (Å²) in [5, 5.41) is 3.33. The molecule has 0 saturated carbocycles. The number of aryl methyl sites for hydroxylation is 1. The van der Waals surface area contributed by atoms with Gasteiger partial charge in [-0.3, -0.25) is 4.79 Å². The number of hydrogen-bond acceptors (Lipinski definition) is 2. The molecule has 3 nitrogen and oxygen atoms in total. The molecule has 100 valence electrons. The van der Waals surface area contributed by atoms with Gasteiger partial charge in [-0.2, -0.15) is 0 Å². The fraction of sp³-hybridized carbons (Fsp3) is 0.312. The molecular formula is C16H20N2O. The summed E-state index contributed by atoms with van der Waals surface area (Å²) < 4.78 is 1.71. The molecule has 0 aliphatic carbocycles. The van der Waals surface area contributed by atoms with Crippen LogP contribution in [-0.2, 0) is 13.0 Å². The summed E-state index contributed by atoms with van der Waals surface area (Å²) in [5.74, 6) is 0. The van der Waals surface area contributed by atoms with Gasteiger partial charge in [-0.15, -0.1) is 0 Å². The normalized spacial score (nSPS) is 10.4. The van der Waals surface area contributed by atoms with Gasteiger partial charge in [0, 0.05) is 31.0 Å². The van der Waals surface area contributed by atoms with Crippen LogP contribution in [0.1, 0.15) is 18.9 Å². The molecule has 2 aromatic rings. The number of hydrogen-bond donors (Lipinski definition) is 1. The van der Waals surface area contributed by atoms with E-state index in [0.717, 1.165) is 18.7 Å². The van der Waals surface area contributed by atoms with Crippen molar-refractivity contribution < 1.29 is 0 Å². The first-order chi connectivity index (χ1) is 9.29. The Morgan fingerprint density at radius 1 is 1.11 bits per heavy atom. The summed E-state index contributed by atoms with van der Waals surface area (Å²) >= 11 is 0. The van der Waals surface area contributed by atoms with Crippen molar-refractivity contribution in [3.63, 3.8) is 0 Å². The van der Waals surface area contributed by atoms with Crippen LogP contribution in [0.3, 0.4) is 0 Å². The first kappa shape index (κ1) is 13.4. The van der Waals surface area contributed by atoms with E-state index < -0.39 is 0 Å². The van der Waals surface area contributed by atoms with Crippen molar-refractivity contribution in [2.24, 2.45) is 0 Å². The van der Waals surface area contributed by atoms with Crippen molar-refractivity contribution in [1.29, 1.82) is 0 Å². The van der Waals surface area contributed by atoms with Crippen molar-refractivity contribution >= 4 is 5.69 Å². The first-order valence-corrected chi connectivity index (χ1v) is 6.78. The standard InChI is InChI=1S/C16H20N2O/c1-2-5-14-7-9-15(10-8-14)17-11-13-18-12-4-3-6-16(18)19/h3-4,6-10,12,17H,2,5,11,13H2,1H3. The molecule has 0 unspecified atom stereocenters. The van der Waals surface area contributed by atoms with Crippen molar-refractivity contribution in [3.05, 3.63) is 64.6 Å². The van der Waals surface area contributed by atoms with Gasteiger partial charge in [0.1, 0.15) is 0 Å². The van der Waals surface area contributed by atoms with Gasteiger partial charge < -0.3 is 9.88 Å². The molecule has 3 heteroatoms.